The Balaban J connectivity index is 1.51. The Morgan fingerprint density at radius 1 is 0.778 bits per heavy atom. The highest BCUT2D eigenvalue weighted by Gasteiger charge is 2.06. The summed E-state index contributed by atoms with van der Waals surface area (Å²) in [5.41, 5.74) is 4.07. The number of hydrogen-bond acceptors (Lipinski definition) is 6. The van der Waals surface area contributed by atoms with Gasteiger partial charge in [-0.2, -0.15) is 0 Å². The third-order valence-electron chi connectivity index (χ3n) is 5.01. The van der Waals surface area contributed by atoms with Crippen LogP contribution in [0.2, 0.25) is 0 Å². The van der Waals surface area contributed by atoms with Crippen molar-refractivity contribution in [2.45, 2.75) is 13.3 Å². The van der Waals surface area contributed by atoms with Crippen molar-refractivity contribution in [1.82, 2.24) is 0 Å². The zero-order valence-corrected chi connectivity index (χ0v) is 19.9. The van der Waals surface area contributed by atoms with Crippen LogP contribution in [0.25, 0.3) is 17.2 Å². The van der Waals surface area contributed by atoms with Crippen molar-refractivity contribution in [3.05, 3.63) is 115 Å². The summed E-state index contributed by atoms with van der Waals surface area (Å²) in [5, 5.41) is 0. The van der Waals surface area contributed by atoms with Gasteiger partial charge in [-0.05, 0) is 59.5 Å². The summed E-state index contributed by atoms with van der Waals surface area (Å²) in [6, 6.07) is 21.8. The maximum atomic E-state index is 12.2. The molecule has 0 N–H and O–H groups in total. The van der Waals surface area contributed by atoms with E-state index in [0.29, 0.717) is 23.5 Å². The lowest BCUT2D eigenvalue weighted by atomic mass is 10.0. The summed E-state index contributed by atoms with van der Waals surface area (Å²) in [7, 11) is 0. The molecule has 0 radical (unpaired) electrons. The van der Waals surface area contributed by atoms with E-state index in [1.54, 1.807) is 37.3 Å². The van der Waals surface area contributed by atoms with Crippen LogP contribution in [-0.4, -0.2) is 24.5 Å². The number of carbonyl (C=O) groups is 3. The van der Waals surface area contributed by atoms with E-state index >= 15 is 0 Å². The van der Waals surface area contributed by atoms with E-state index in [2.05, 4.69) is 13.2 Å². The lowest BCUT2D eigenvalue weighted by Gasteiger charge is -2.06. The van der Waals surface area contributed by atoms with Crippen molar-refractivity contribution in [1.29, 1.82) is 0 Å². The quantitative estimate of drug-likeness (QED) is 0.209. The van der Waals surface area contributed by atoms with Crippen molar-refractivity contribution in [3.63, 3.8) is 0 Å². The zero-order valence-electron chi connectivity index (χ0n) is 19.9. The molecule has 0 aliphatic heterocycles. The van der Waals surface area contributed by atoms with E-state index in [-0.39, 0.29) is 6.61 Å². The minimum Gasteiger partial charge on any atom is -0.462 e. The molecule has 0 aliphatic carbocycles. The molecule has 6 heteroatoms. The number of hydrogen-bond donors (Lipinski definition) is 0. The molecule has 0 amide bonds. The van der Waals surface area contributed by atoms with Crippen molar-refractivity contribution in [2.24, 2.45) is 0 Å². The van der Waals surface area contributed by atoms with E-state index in [9.17, 15) is 14.4 Å². The van der Waals surface area contributed by atoms with E-state index in [4.69, 9.17) is 14.2 Å². The molecule has 3 rings (SSSR count). The summed E-state index contributed by atoms with van der Waals surface area (Å²) in [4.78, 5) is 34.8. The SMILES string of the molecule is C=CC(=O)OCCc1ccc(OC(=O)C=Cc2ccc(-c3ccc(OC(=O)C(=C)C)cc3)cc2)cc1. The topological polar surface area (TPSA) is 78.9 Å². The van der Waals surface area contributed by atoms with E-state index in [1.165, 1.54) is 6.08 Å². The van der Waals surface area contributed by atoms with Crippen molar-refractivity contribution in [3.8, 4) is 22.6 Å². The first kappa shape index (κ1) is 25.9. The maximum absolute atomic E-state index is 12.2. The molecule has 3 aromatic carbocycles. The molecule has 0 aliphatic rings. The lowest BCUT2D eigenvalue weighted by Crippen LogP contribution is -2.07. The molecular weight excluding hydrogens is 456 g/mol. The molecule has 0 atom stereocenters. The van der Waals surface area contributed by atoms with Crippen LogP contribution in [0, 0.1) is 0 Å². The highest BCUT2D eigenvalue weighted by molar-refractivity contribution is 5.89. The smallest absolute Gasteiger partial charge is 0.338 e. The minimum atomic E-state index is -0.494. The van der Waals surface area contributed by atoms with Crippen molar-refractivity contribution < 1.29 is 28.6 Å². The summed E-state index contributed by atoms with van der Waals surface area (Å²) in [5.74, 6) is -0.540. The first-order chi connectivity index (χ1) is 17.3. The van der Waals surface area contributed by atoms with Crippen LogP contribution in [0.1, 0.15) is 18.1 Å². The second-order valence-corrected chi connectivity index (χ2v) is 7.84. The normalized spacial score (nSPS) is 10.5. The Bertz CT molecular complexity index is 1270. The molecule has 0 bridgehead atoms. The van der Waals surface area contributed by atoms with Gasteiger partial charge in [0.15, 0.2) is 0 Å². The second kappa shape index (κ2) is 12.7. The number of esters is 3. The molecule has 0 saturated heterocycles. The Kier molecular flexibility index (Phi) is 9.12. The van der Waals surface area contributed by atoms with Crippen LogP contribution in [0.15, 0.2) is 104 Å². The minimum absolute atomic E-state index is 0.252. The highest BCUT2D eigenvalue weighted by atomic mass is 16.5. The van der Waals surface area contributed by atoms with Crippen LogP contribution in [0.3, 0.4) is 0 Å². The molecule has 0 aromatic heterocycles. The van der Waals surface area contributed by atoms with Gasteiger partial charge < -0.3 is 14.2 Å². The summed E-state index contributed by atoms with van der Waals surface area (Å²) in [6.07, 6.45) is 4.71. The van der Waals surface area contributed by atoms with Gasteiger partial charge in [0, 0.05) is 24.1 Å². The van der Waals surface area contributed by atoms with Crippen molar-refractivity contribution >= 4 is 24.0 Å². The van der Waals surface area contributed by atoms with E-state index < -0.39 is 17.9 Å². The Morgan fingerprint density at radius 3 is 1.92 bits per heavy atom. The van der Waals surface area contributed by atoms with Gasteiger partial charge in [0.25, 0.3) is 0 Å². The molecule has 0 heterocycles. The van der Waals surface area contributed by atoms with Crippen molar-refractivity contribution in [2.75, 3.05) is 6.61 Å². The lowest BCUT2D eigenvalue weighted by molar-refractivity contribution is -0.137. The monoisotopic (exact) mass is 482 g/mol. The van der Waals surface area contributed by atoms with Gasteiger partial charge in [-0.25, -0.2) is 14.4 Å². The number of ether oxygens (including phenoxy) is 3. The Morgan fingerprint density at radius 2 is 1.33 bits per heavy atom. The molecule has 0 saturated carbocycles. The highest BCUT2D eigenvalue weighted by Crippen LogP contribution is 2.23. The molecule has 0 fully saturated rings. The number of rotatable bonds is 10. The predicted molar refractivity (Wildman–Crippen MR) is 138 cm³/mol. The largest absolute Gasteiger partial charge is 0.462 e. The maximum Gasteiger partial charge on any atom is 0.338 e. The zero-order chi connectivity index (χ0) is 25.9. The summed E-state index contributed by atoms with van der Waals surface area (Å²) >= 11 is 0. The van der Waals surface area contributed by atoms with Crippen LogP contribution in [-0.2, 0) is 25.5 Å². The molecule has 6 nitrogen and oxygen atoms in total. The van der Waals surface area contributed by atoms with Crippen LogP contribution >= 0.6 is 0 Å². The van der Waals surface area contributed by atoms with E-state index in [1.807, 2.05) is 48.5 Å². The first-order valence-corrected chi connectivity index (χ1v) is 11.2. The van der Waals surface area contributed by atoms with Crippen LogP contribution in [0.5, 0.6) is 11.5 Å². The fourth-order valence-corrected chi connectivity index (χ4v) is 3.06. The standard InChI is InChI=1S/C30H26O6/c1-4-28(31)34-20-19-23-7-14-26(15-8-23)35-29(32)18-9-22-5-10-24(11-6-22)25-12-16-27(17-13-25)36-30(33)21(2)3/h4-18H,1-2,19-20H2,3H3. The molecule has 182 valence electrons. The van der Waals surface area contributed by atoms with Gasteiger partial charge in [0.2, 0.25) is 0 Å². The van der Waals surface area contributed by atoms with Crippen LogP contribution in [0.4, 0.5) is 0 Å². The summed E-state index contributed by atoms with van der Waals surface area (Å²) in [6.45, 7) is 8.76. The van der Waals surface area contributed by atoms with Gasteiger partial charge in [-0.15, -0.1) is 0 Å². The molecule has 3 aromatic rings. The Hall–Kier alpha value is -4.71. The van der Waals surface area contributed by atoms with Gasteiger partial charge in [-0.1, -0.05) is 61.7 Å². The second-order valence-electron chi connectivity index (χ2n) is 7.84. The predicted octanol–water partition coefficient (Wildman–Crippen LogP) is 5.73. The number of carbonyl (C=O) groups excluding carboxylic acids is 3. The third-order valence-corrected chi connectivity index (χ3v) is 5.01. The summed E-state index contributed by atoms with van der Waals surface area (Å²) < 4.78 is 15.5. The molecule has 0 spiro atoms. The molecule has 36 heavy (non-hydrogen) atoms. The van der Waals surface area contributed by atoms with Gasteiger partial charge in [-0.3, -0.25) is 0 Å². The van der Waals surface area contributed by atoms with Gasteiger partial charge >= 0.3 is 17.9 Å². The fraction of sp³-hybridized carbons (Fsp3) is 0.100. The Labute approximate surface area is 210 Å². The average molecular weight is 483 g/mol. The van der Waals surface area contributed by atoms with Gasteiger partial charge in [0.1, 0.15) is 11.5 Å². The molecule has 0 unspecified atom stereocenters. The number of benzene rings is 3. The first-order valence-electron chi connectivity index (χ1n) is 11.2. The third kappa shape index (κ3) is 7.95. The van der Waals surface area contributed by atoms with E-state index in [0.717, 1.165) is 28.3 Å². The van der Waals surface area contributed by atoms with Gasteiger partial charge in [0.05, 0.1) is 6.61 Å². The van der Waals surface area contributed by atoms with Crippen LogP contribution < -0.4 is 9.47 Å². The molecular formula is C30H26O6. The average Bonchev–Trinajstić information content (AvgIpc) is 2.89. The fourth-order valence-electron chi connectivity index (χ4n) is 3.06.